The molecule has 0 spiro atoms. The van der Waals surface area contributed by atoms with Crippen molar-refractivity contribution in [2.45, 2.75) is 13.3 Å². The highest BCUT2D eigenvalue weighted by molar-refractivity contribution is 7.22. The quantitative estimate of drug-likeness (QED) is 0.522. The van der Waals surface area contributed by atoms with Crippen LogP contribution in [-0.2, 0) is 4.74 Å². The average Bonchev–Trinajstić information content (AvgIpc) is 3.10. The predicted molar refractivity (Wildman–Crippen MR) is 114 cm³/mol. The molecular weight excluding hydrogens is 374 g/mol. The Morgan fingerprint density at radius 2 is 2.04 bits per heavy atom. The number of aromatic nitrogens is 3. The van der Waals surface area contributed by atoms with Crippen LogP contribution in [0.2, 0.25) is 0 Å². The van der Waals surface area contributed by atoms with Gasteiger partial charge in [-0.2, -0.15) is 0 Å². The lowest BCUT2D eigenvalue weighted by Crippen LogP contribution is -2.37. The van der Waals surface area contributed by atoms with Crippen molar-refractivity contribution < 1.29 is 4.74 Å². The number of nitrogens with two attached hydrogens (primary N) is 1. The number of benzene rings is 1. The molecule has 0 amide bonds. The van der Waals surface area contributed by atoms with Crippen molar-refractivity contribution in [2.24, 2.45) is 0 Å². The number of rotatable bonds is 7. The van der Waals surface area contributed by atoms with Crippen LogP contribution in [0.25, 0.3) is 10.2 Å². The number of nitrogen functional groups attached to an aromatic ring is 1. The van der Waals surface area contributed by atoms with Gasteiger partial charge in [-0.3, -0.25) is 4.90 Å². The van der Waals surface area contributed by atoms with E-state index >= 15 is 0 Å². The zero-order valence-electron chi connectivity index (χ0n) is 15.9. The van der Waals surface area contributed by atoms with Gasteiger partial charge in [0.05, 0.1) is 23.4 Å². The number of ether oxygens (including phenoxy) is 1. The number of nitrogens with zero attached hydrogens (tertiary/aromatic N) is 4. The molecule has 0 atom stereocenters. The minimum atomic E-state index is 0.504. The summed E-state index contributed by atoms with van der Waals surface area (Å²) < 4.78 is 6.51. The van der Waals surface area contributed by atoms with E-state index in [1.54, 1.807) is 11.3 Å². The summed E-state index contributed by atoms with van der Waals surface area (Å²) in [6, 6.07) is 6.21. The Bertz CT molecular complexity index is 939. The molecule has 1 aliphatic rings. The molecule has 1 aromatic carbocycles. The van der Waals surface area contributed by atoms with E-state index in [9.17, 15) is 0 Å². The molecule has 4 rings (SSSR count). The average molecular weight is 400 g/mol. The summed E-state index contributed by atoms with van der Waals surface area (Å²) in [5.41, 5.74) is 8.96. The molecule has 4 N–H and O–H groups in total. The normalized spacial score (nSPS) is 15.0. The Morgan fingerprint density at radius 1 is 1.21 bits per heavy atom. The van der Waals surface area contributed by atoms with E-state index in [0.717, 1.165) is 61.2 Å². The van der Waals surface area contributed by atoms with Gasteiger partial charge in [0.15, 0.2) is 16.8 Å². The number of anilines is 4. The third kappa shape index (κ3) is 4.49. The van der Waals surface area contributed by atoms with Crippen LogP contribution in [0.3, 0.4) is 0 Å². The van der Waals surface area contributed by atoms with Gasteiger partial charge in [0, 0.05) is 19.6 Å². The fraction of sp³-hybridized carbons (Fsp3) is 0.421. The van der Waals surface area contributed by atoms with E-state index in [1.165, 1.54) is 11.9 Å². The van der Waals surface area contributed by atoms with Gasteiger partial charge in [-0.05, 0) is 37.6 Å². The topological polar surface area (TPSA) is 101 Å². The number of fused-ring (bicyclic) bond motifs is 1. The first-order valence-corrected chi connectivity index (χ1v) is 10.3. The summed E-state index contributed by atoms with van der Waals surface area (Å²) in [5.74, 6) is 1.22. The van der Waals surface area contributed by atoms with Crippen molar-refractivity contribution in [1.82, 2.24) is 19.9 Å². The minimum absolute atomic E-state index is 0.504. The maximum Gasteiger partial charge on any atom is 0.189 e. The number of aryl methyl sites for hydroxylation is 1. The van der Waals surface area contributed by atoms with Crippen LogP contribution in [0, 0.1) is 6.92 Å². The molecule has 28 heavy (non-hydrogen) atoms. The predicted octanol–water partition coefficient (Wildman–Crippen LogP) is 2.85. The second kappa shape index (κ2) is 8.68. The summed E-state index contributed by atoms with van der Waals surface area (Å²) >= 11 is 1.58. The molecule has 3 aromatic rings. The number of hydrogen-bond acceptors (Lipinski definition) is 9. The van der Waals surface area contributed by atoms with Crippen LogP contribution in [0.1, 0.15) is 12.0 Å². The van der Waals surface area contributed by atoms with Crippen molar-refractivity contribution in [2.75, 3.05) is 55.8 Å². The Morgan fingerprint density at radius 3 is 2.89 bits per heavy atom. The van der Waals surface area contributed by atoms with Crippen molar-refractivity contribution in [3.8, 4) is 0 Å². The van der Waals surface area contributed by atoms with Gasteiger partial charge in [0.1, 0.15) is 12.0 Å². The lowest BCUT2D eigenvalue weighted by molar-refractivity contribution is 0.0378. The summed E-state index contributed by atoms with van der Waals surface area (Å²) in [4.78, 5) is 15.6. The Kier molecular flexibility index (Phi) is 5.84. The van der Waals surface area contributed by atoms with Crippen LogP contribution in [0.15, 0.2) is 24.5 Å². The van der Waals surface area contributed by atoms with Crippen LogP contribution < -0.4 is 16.4 Å². The van der Waals surface area contributed by atoms with Crippen molar-refractivity contribution >= 4 is 44.0 Å². The molecule has 1 saturated heterocycles. The second-order valence-corrected chi connectivity index (χ2v) is 7.86. The number of morpholine rings is 1. The SMILES string of the molecule is Cc1ccc2nc(Nc3ncnc(NCCCN4CCOCC4)c3N)sc2c1. The van der Waals surface area contributed by atoms with E-state index in [0.29, 0.717) is 17.3 Å². The van der Waals surface area contributed by atoms with E-state index in [-0.39, 0.29) is 0 Å². The molecule has 1 fully saturated rings. The molecule has 9 heteroatoms. The van der Waals surface area contributed by atoms with Crippen LogP contribution in [0.4, 0.5) is 22.5 Å². The van der Waals surface area contributed by atoms with Gasteiger partial charge in [-0.25, -0.2) is 15.0 Å². The van der Waals surface area contributed by atoms with E-state index < -0.39 is 0 Å². The molecule has 0 radical (unpaired) electrons. The Hall–Kier alpha value is -2.49. The molecule has 0 bridgehead atoms. The summed E-state index contributed by atoms with van der Waals surface area (Å²) in [5, 5.41) is 7.32. The highest BCUT2D eigenvalue weighted by atomic mass is 32.1. The van der Waals surface area contributed by atoms with Gasteiger partial charge in [-0.15, -0.1) is 0 Å². The zero-order chi connectivity index (χ0) is 19.3. The van der Waals surface area contributed by atoms with Gasteiger partial charge >= 0.3 is 0 Å². The molecule has 148 valence electrons. The molecule has 2 aromatic heterocycles. The standard InChI is InChI=1S/C19H25N7OS/c1-13-3-4-14-15(11-13)28-19(24-14)25-18-16(20)17(22-12-23-18)21-5-2-6-26-7-9-27-10-8-26/h3-4,11-12H,2,5-10,20H2,1H3,(H2,21,22,23,24,25). The number of nitrogens with one attached hydrogen (secondary N) is 2. The number of thiazole rings is 1. The number of hydrogen-bond donors (Lipinski definition) is 3. The summed E-state index contributed by atoms with van der Waals surface area (Å²) in [6.45, 7) is 7.58. The molecular formula is C19H25N7OS. The van der Waals surface area contributed by atoms with E-state index in [4.69, 9.17) is 10.5 Å². The van der Waals surface area contributed by atoms with E-state index in [2.05, 4.69) is 49.5 Å². The Labute approximate surface area is 168 Å². The first kappa shape index (κ1) is 18.9. The lowest BCUT2D eigenvalue weighted by atomic mass is 10.2. The third-order valence-electron chi connectivity index (χ3n) is 4.70. The molecule has 8 nitrogen and oxygen atoms in total. The minimum Gasteiger partial charge on any atom is -0.393 e. The van der Waals surface area contributed by atoms with Gasteiger partial charge < -0.3 is 21.1 Å². The van der Waals surface area contributed by atoms with Crippen LogP contribution in [-0.4, -0.2) is 59.2 Å². The fourth-order valence-corrected chi connectivity index (χ4v) is 4.12. The molecule has 0 unspecified atom stereocenters. The summed E-state index contributed by atoms with van der Waals surface area (Å²) in [7, 11) is 0. The first-order valence-electron chi connectivity index (χ1n) is 9.48. The Balaban J connectivity index is 1.37. The van der Waals surface area contributed by atoms with Gasteiger partial charge in [-0.1, -0.05) is 17.4 Å². The zero-order valence-corrected chi connectivity index (χ0v) is 16.8. The van der Waals surface area contributed by atoms with Crippen LogP contribution >= 0.6 is 11.3 Å². The van der Waals surface area contributed by atoms with Crippen molar-refractivity contribution in [1.29, 1.82) is 0 Å². The maximum absolute atomic E-state index is 6.27. The first-order chi connectivity index (χ1) is 13.7. The van der Waals surface area contributed by atoms with Crippen molar-refractivity contribution in [3.05, 3.63) is 30.1 Å². The highest BCUT2D eigenvalue weighted by Gasteiger charge is 2.12. The van der Waals surface area contributed by atoms with E-state index in [1.807, 2.05) is 6.07 Å². The maximum atomic E-state index is 6.27. The molecule has 0 aliphatic carbocycles. The van der Waals surface area contributed by atoms with Crippen molar-refractivity contribution in [3.63, 3.8) is 0 Å². The van der Waals surface area contributed by atoms with Gasteiger partial charge in [0.25, 0.3) is 0 Å². The third-order valence-corrected chi connectivity index (χ3v) is 5.63. The fourth-order valence-electron chi connectivity index (χ4n) is 3.16. The van der Waals surface area contributed by atoms with Gasteiger partial charge in [0.2, 0.25) is 0 Å². The summed E-state index contributed by atoms with van der Waals surface area (Å²) in [6.07, 6.45) is 2.53. The molecule has 0 saturated carbocycles. The monoisotopic (exact) mass is 399 g/mol. The van der Waals surface area contributed by atoms with Crippen LogP contribution in [0.5, 0.6) is 0 Å². The second-order valence-electron chi connectivity index (χ2n) is 6.83. The molecule has 1 aliphatic heterocycles. The molecule has 3 heterocycles. The smallest absolute Gasteiger partial charge is 0.189 e. The largest absolute Gasteiger partial charge is 0.393 e. The highest BCUT2D eigenvalue weighted by Crippen LogP contribution is 2.31. The lowest BCUT2D eigenvalue weighted by Gasteiger charge is -2.26.